The van der Waals surface area contributed by atoms with Gasteiger partial charge in [0, 0.05) is 22.7 Å². The van der Waals surface area contributed by atoms with E-state index < -0.39 is 11.7 Å². The molecule has 29 heavy (non-hydrogen) atoms. The van der Waals surface area contributed by atoms with Crippen molar-refractivity contribution in [1.82, 2.24) is 9.97 Å². The summed E-state index contributed by atoms with van der Waals surface area (Å²) >= 11 is 1.46. The number of ether oxygens (including phenoxy) is 2. The minimum atomic E-state index is -4.44. The van der Waals surface area contributed by atoms with E-state index in [1.807, 2.05) is 6.92 Å². The van der Waals surface area contributed by atoms with Crippen molar-refractivity contribution in [3.63, 3.8) is 0 Å². The van der Waals surface area contributed by atoms with Crippen molar-refractivity contribution in [3.05, 3.63) is 58.7 Å². The maximum atomic E-state index is 12.6. The first-order valence-electron chi connectivity index (χ1n) is 8.69. The zero-order chi connectivity index (χ0) is 21.0. The fraction of sp³-hybridized carbons (Fsp3) is 0.250. The highest BCUT2D eigenvalue weighted by molar-refractivity contribution is 7.15. The van der Waals surface area contributed by atoms with Gasteiger partial charge in [0.05, 0.1) is 24.3 Å². The maximum Gasteiger partial charge on any atom is 0.417 e. The molecule has 1 aromatic carbocycles. The maximum absolute atomic E-state index is 12.6. The van der Waals surface area contributed by atoms with Crippen molar-refractivity contribution < 1.29 is 27.4 Å². The predicted octanol–water partition coefficient (Wildman–Crippen LogP) is 5.43. The topological polar surface area (TPSA) is 61.3 Å². The first-order chi connectivity index (χ1) is 13.8. The number of aryl methyl sites for hydroxylation is 1. The van der Waals surface area contributed by atoms with Crippen molar-refractivity contribution in [2.45, 2.75) is 26.4 Å². The van der Waals surface area contributed by atoms with E-state index in [4.69, 9.17) is 9.47 Å². The highest BCUT2D eigenvalue weighted by Crippen LogP contribution is 2.32. The second kappa shape index (κ2) is 8.60. The molecule has 0 N–H and O–H groups in total. The van der Waals surface area contributed by atoms with Gasteiger partial charge in [0.15, 0.2) is 0 Å². The zero-order valence-corrected chi connectivity index (χ0v) is 16.4. The summed E-state index contributed by atoms with van der Waals surface area (Å²) in [5.41, 5.74) is 0.677. The predicted molar refractivity (Wildman–Crippen MR) is 102 cm³/mol. The molecule has 0 spiro atoms. The Hall–Kier alpha value is -2.94. The monoisotopic (exact) mass is 422 g/mol. The number of benzene rings is 1. The number of carbonyl (C=O) groups excluding carboxylic acids is 1. The quantitative estimate of drug-likeness (QED) is 0.496. The van der Waals surface area contributed by atoms with Gasteiger partial charge < -0.3 is 9.47 Å². The van der Waals surface area contributed by atoms with Gasteiger partial charge in [0.2, 0.25) is 5.88 Å². The minimum absolute atomic E-state index is 0.0626. The van der Waals surface area contributed by atoms with Crippen molar-refractivity contribution in [3.8, 4) is 22.2 Å². The molecule has 0 radical (unpaired) electrons. The largest absolute Gasteiger partial charge is 0.466 e. The number of rotatable bonds is 6. The van der Waals surface area contributed by atoms with Crippen LogP contribution in [0.5, 0.6) is 11.6 Å². The summed E-state index contributed by atoms with van der Waals surface area (Å²) in [5, 5.41) is 0.751. The normalized spacial score (nSPS) is 11.3. The van der Waals surface area contributed by atoms with E-state index >= 15 is 0 Å². The number of hydrogen-bond acceptors (Lipinski definition) is 6. The SMILES string of the molecule is CCOC(=O)Cc1nc(-c2ccc(Oc3ccc(C(F)(F)F)cn3)cc2)sc1C. The van der Waals surface area contributed by atoms with Gasteiger partial charge in [0.1, 0.15) is 10.8 Å². The Bertz CT molecular complexity index is 984. The highest BCUT2D eigenvalue weighted by Gasteiger charge is 2.30. The van der Waals surface area contributed by atoms with E-state index in [-0.39, 0.29) is 18.3 Å². The molecule has 9 heteroatoms. The average molecular weight is 422 g/mol. The molecule has 3 rings (SSSR count). The summed E-state index contributed by atoms with van der Waals surface area (Å²) < 4.78 is 48.2. The van der Waals surface area contributed by atoms with Gasteiger partial charge in [-0.15, -0.1) is 11.3 Å². The molecule has 2 heterocycles. The molecule has 0 fully saturated rings. The molecule has 0 unspecified atom stereocenters. The molecular weight excluding hydrogens is 405 g/mol. The average Bonchev–Trinajstić information content (AvgIpc) is 3.02. The van der Waals surface area contributed by atoms with Crippen LogP contribution in [0.15, 0.2) is 42.6 Å². The molecular formula is C20H17F3N2O3S. The van der Waals surface area contributed by atoms with E-state index in [1.54, 1.807) is 31.2 Å². The molecule has 0 aliphatic heterocycles. The number of halogens is 3. The van der Waals surface area contributed by atoms with Crippen LogP contribution in [0.4, 0.5) is 13.2 Å². The van der Waals surface area contributed by atoms with Gasteiger partial charge >= 0.3 is 12.1 Å². The molecule has 3 aromatic rings. The summed E-state index contributed by atoms with van der Waals surface area (Å²) in [6.07, 6.45) is -3.59. The number of esters is 1. The van der Waals surface area contributed by atoms with Crippen molar-refractivity contribution in [2.24, 2.45) is 0 Å². The Morgan fingerprint density at radius 3 is 2.45 bits per heavy atom. The molecule has 0 amide bonds. The number of pyridine rings is 1. The summed E-state index contributed by atoms with van der Waals surface area (Å²) in [6, 6.07) is 9.01. The molecule has 0 aliphatic rings. The molecule has 0 bridgehead atoms. The van der Waals surface area contributed by atoms with Gasteiger partial charge in [-0.1, -0.05) is 0 Å². The molecule has 0 atom stereocenters. The Morgan fingerprint density at radius 2 is 1.86 bits per heavy atom. The standard InChI is InChI=1S/C20H17F3N2O3S/c1-3-27-18(26)10-16-12(2)29-19(25-16)13-4-7-15(8-5-13)28-17-9-6-14(11-24-17)20(21,22)23/h4-9,11H,3,10H2,1-2H3. The number of aromatic nitrogens is 2. The Kier molecular flexibility index (Phi) is 6.17. The molecule has 152 valence electrons. The van der Waals surface area contributed by atoms with Crippen LogP contribution in [-0.2, 0) is 22.1 Å². The van der Waals surface area contributed by atoms with Crippen LogP contribution < -0.4 is 4.74 Å². The lowest BCUT2D eigenvalue weighted by atomic mass is 10.2. The van der Waals surface area contributed by atoms with Gasteiger partial charge in [-0.25, -0.2) is 9.97 Å². The van der Waals surface area contributed by atoms with Gasteiger partial charge in [-0.2, -0.15) is 13.2 Å². The van der Waals surface area contributed by atoms with Gasteiger partial charge in [0.25, 0.3) is 0 Å². The lowest BCUT2D eigenvalue weighted by Gasteiger charge is -2.08. The highest BCUT2D eigenvalue weighted by atomic mass is 32.1. The minimum Gasteiger partial charge on any atom is -0.466 e. The number of nitrogens with zero attached hydrogens (tertiary/aromatic N) is 2. The third-order valence-electron chi connectivity index (χ3n) is 3.90. The molecule has 0 aliphatic carbocycles. The van der Waals surface area contributed by atoms with E-state index in [1.165, 1.54) is 17.4 Å². The van der Waals surface area contributed by atoms with Gasteiger partial charge in [-0.3, -0.25) is 4.79 Å². The van der Waals surface area contributed by atoms with Crippen LogP contribution in [0.1, 0.15) is 23.1 Å². The third kappa shape index (κ3) is 5.32. The summed E-state index contributed by atoms with van der Waals surface area (Å²) in [6.45, 7) is 3.97. The van der Waals surface area contributed by atoms with Crippen LogP contribution in [0.2, 0.25) is 0 Å². The van der Waals surface area contributed by atoms with Crippen LogP contribution in [0.25, 0.3) is 10.6 Å². The fourth-order valence-corrected chi connectivity index (χ4v) is 3.39. The number of thiazole rings is 1. The number of carbonyl (C=O) groups is 1. The molecule has 0 saturated carbocycles. The second-order valence-electron chi connectivity index (χ2n) is 6.01. The van der Waals surface area contributed by atoms with Gasteiger partial charge in [-0.05, 0) is 44.2 Å². The van der Waals surface area contributed by atoms with Crippen molar-refractivity contribution in [1.29, 1.82) is 0 Å². The van der Waals surface area contributed by atoms with E-state index in [9.17, 15) is 18.0 Å². The van der Waals surface area contributed by atoms with E-state index in [0.29, 0.717) is 18.1 Å². The number of hydrogen-bond donors (Lipinski definition) is 0. The number of alkyl halides is 3. The van der Waals surface area contributed by atoms with Crippen molar-refractivity contribution >= 4 is 17.3 Å². The van der Waals surface area contributed by atoms with Crippen LogP contribution in [0.3, 0.4) is 0 Å². The molecule has 0 saturated heterocycles. The van der Waals surface area contributed by atoms with Crippen LogP contribution in [0, 0.1) is 6.92 Å². The third-order valence-corrected chi connectivity index (χ3v) is 4.96. The first-order valence-corrected chi connectivity index (χ1v) is 9.51. The van der Waals surface area contributed by atoms with E-state index in [0.717, 1.165) is 27.7 Å². The fourth-order valence-electron chi connectivity index (χ4n) is 2.46. The van der Waals surface area contributed by atoms with Crippen molar-refractivity contribution in [2.75, 3.05) is 6.61 Å². The van der Waals surface area contributed by atoms with Crippen LogP contribution in [-0.4, -0.2) is 22.5 Å². The van der Waals surface area contributed by atoms with Crippen LogP contribution >= 0.6 is 11.3 Å². The van der Waals surface area contributed by atoms with E-state index in [2.05, 4.69) is 9.97 Å². The summed E-state index contributed by atoms with van der Waals surface area (Å²) in [5.74, 6) is 0.175. The summed E-state index contributed by atoms with van der Waals surface area (Å²) in [7, 11) is 0. The lowest BCUT2D eigenvalue weighted by Crippen LogP contribution is -2.08. The first kappa shape index (κ1) is 20.8. The Morgan fingerprint density at radius 1 is 1.14 bits per heavy atom. The molecule has 5 nitrogen and oxygen atoms in total. The lowest BCUT2D eigenvalue weighted by molar-refractivity contribution is -0.142. The Labute approximate surface area is 169 Å². The smallest absolute Gasteiger partial charge is 0.417 e. The Balaban J connectivity index is 1.70. The zero-order valence-electron chi connectivity index (χ0n) is 15.6. The summed E-state index contributed by atoms with van der Waals surface area (Å²) in [4.78, 5) is 20.8. The molecule has 2 aromatic heterocycles. The second-order valence-corrected chi connectivity index (χ2v) is 7.22.